The molecule has 0 atom stereocenters. The van der Waals surface area contributed by atoms with Gasteiger partial charge in [-0.2, -0.15) is 0 Å². The maximum Gasteiger partial charge on any atom is 0.201 e. The quantitative estimate of drug-likeness (QED) is 0.873. The fraction of sp³-hybridized carbons (Fsp3) is 0.167. The zero-order valence-electron chi connectivity index (χ0n) is 9.97. The Bertz CT molecular complexity index is 700. The predicted octanol–water partition coefficient (Wildman–Crippen LogP) is 3.07. The summed E-state index contributed by atoms with van der Waals surface area (Å²) in [5, 5.41) is 0.591. The molecule has 0 radical (unpaired) electrons. The van der Waals surface area contributed by atoms with Gasteiger partial charge in [0.2, 0.25) is 9.84 Å². The first-order chi connectivity index (χ1) is 8.88. The maximum atomic E-state index is 12.2. The molecule has 0 saturated heterocycles. The highest BCUT2D eigenvalue weighted by molar-refractivity contribution is 7.90. The Balaban J connectivity index is 2.33. The van der Waals surface area contributed by atoms with Crippen molar-refractivity contribution in [3.8, 4) is 0 Å². The van der Waals surface area contributed by atoms with Gasteiger partial charge < -0.3 is 0 Å². The number of pyridine rings is 2. The summed E-state index contributed by atoms with van der Waals surface area (Å²) in [6.07, 6.45) is 2.87. The second-order valence-electron chi connectivity index (χ2n) is 4.01. The average molecular weight is 317 g/mol. The Morgan fingerprint density at radius 1 is 1.16 bits per heavy atom. The van der Waals surface area contributed by atoms with Gasteiger partial charge in [0.1, 0.15) is 5.75 Å². The van der Waals surface area contributed by atoms with Gasteiger partial charge in [-0.1, -0.05) is 29.3 Å². The summed E-state index contributed by atoms with van der Waals surface area (Å²) in [4.78, 5) is 7.84. The Morgan fingerprint density at radius 2 is 1.89 bits per heavy atom. The van der Waals surface area contributed by atoms with Gasteiger partial charge in [0, 0.05) is 12.4 Å². The minimum Gasteiger partial charge on any atom is -0.257 e. The van der Waals surface area contributed by atoms with E-state index in [2.05, 4.69) is 9.97 Å². The lowest BCUT2D eigenvalue weighted by atomic mass is 10.3. The zero-order valence-corrected chi connectivity index (χ0v) is 12.3. The van der Waals surface area contributed by atoms with Crippen LogP contribution < -0.4 is 0 Å². The number of aryl methyl sites for hydroxylation is 1. The molecule has 0 spiro atoms. The Hall–Kier alpha value is -1.17. The molecule has 2 heterocycles. The Morgan fingerprint density at radius 3 is 2.47 bits per heavy atom. The van der Waals surface area contributed by atoms with Gasteiger partial charge in [0.15, 0.2) is 5.03 Å². The van der Waals surface area contributed by atoms with Crippen LogP contribution in [-0.4, -0.2) is 18.4 Å². The number of nitrogens with zero attached hydrogens (tertiary/aromatic N) is 2. The molecule has 0 bridgehead atoms. The van der Waals surface area contributed by atoms with Gasteiger partial charge >= 0.3 is 0 Å². The van der Waals surface area contributed by atoms with Crippen molar-refractivity contribution < 1.29 is 8.42 Å². The van der Waals surface area contributed by atoms with Gasteiger partial charge in [-0.3, -0.25) is 4.98 Å². The first kappa shape index (κ1) is 14.2. The SMILES string of the molecule is Cc1ccc(S(=O)(=O)Cc2ncc(Cl)cc2Cl)nc1. The monoisotopic (exact) mass is 316 g/mol. The standard InChI is InChI=1S/C12H10Cl2N2O2S/c1-8-2-3-12(16-5-8)19(17,18)7-11-10(14)4-9(13)6-15-11/h2-6H,7H2,1H3. The maximum absolute atomic E-state index is 12.2. The van der Waals surface area contributed by atoms with Crippen molar-refractivity contribution in [1.82, 2.24) is 9.97 Å². The Kier molecular flexibility index (Phi) is 4.08. The lowest BCUT2D eigenvalue weighted by molar-refractivity contribution is 0.591. The molecule has 0 saturated carbocycles. The Labute approximate surface area is 121 Å². The normalized spacial score (nSPS) is 11.5. The van der Waals surface area contributed by atoms with Crippen molar-refractivity contribution in [3.63, 3.8) is 0 Å². The highest BCUT2D eigenvalue weighted by atomic mass is 35.5. The molecule has 7 heteroatoms. The molecule has 0 aliphatic rings. The largest absolute Gasteiger partial charge is 0.257 e. The summed E-state index contributed by atoms with van der Waals surface area (Å²) in [5.74, 6) is -0.306. The van der Waals surface area contributed by atoms with E-state index in [1.54, 1.807) is 6.07 Å². The summed E-state index contributed by atoms with van der Waals surface area (Å²) >= 11 is 11.6. The number of hydrogen-bond donors (Lipinski definition) is 0. The molecule has 2 rings (SSSR count). The van der Waals surface area contributed by atoms with Crippen LogP contribution >= 0.6 is 23.2 Å². The minimum absolute atomic E-state index is 0.00548. The number of sulfone groups is 1. The fourth-order valence-corrected chi connectivity index (χ4v) is 3.19. The molecular formula is C12H10Cl2N2O2S. The van der Waals surface area contributed by atoms with Crippen LogP contribution in [0.3, 0.4) is 0 Å². The molecule has 100 valence electrons. The molecule has 0 aliphatic carbocycles. The smallest absolute Gasteiger partial charge is 0.201 e. The van der Waals surface area contributed by atoms with Crippen LogP contribution in [0.1, 0.15) is 11.3 Å². The van der Waals surface area contributed by atoms with E-state index in [0.717, 1.165) is 5.56 Å². The van der Waals surface area contributed by atoms with E-state index < -0.39 is 9.84 Å². The van der Waals surface area contributed by atoms with Gasteiger partial charge in [-0.25, -0.2) is 13.4 Å². The first-order valence-electron chi connectivity index (χ1n) is 5.34. The number of rotatable bonds is 3. The lowest BCUT2D eigenvalue weighted by Gasteiger charge is -2.05. The van der Waals surface area contributed by atoms with Crippen molar-refractivity contribution in [2.24, 2.45) is 0 Å². The van der Waals surface area contributed by atoms with Crippen molar-refractivity contribution in [2.75, 3.05) is 0 Å². The third-order valence-electron chi connectivity index (χ3n) is 2.41. The average Bonchev–Trinajstić information content (AvgIpc) is 2.33. The fourth-order valence-electron chi connectivity index (χ4n) is 1.44. The second-order valence-corrected chi connectivity index (χ2v) is 6.80. The van der Waals surface area contributed by atoms with Crippen molar-refractivity contribution >= 4 is 33.0 Å². The van der Waals surface area contributed by atoms with Crippen molar-refractivity contribution in [2.45, 2.75) is 17.7 Å². The van der Waals surface area contributed by atoms with E-state index in [1.165, 1.54) is 24.5 Å². The molecule has 0 fully saturated rings. The number of halogens is 2. The summed E-state index contributed by atoms with van der Waals surface area (Å²) < 4.78 is 24.3. The molecule has 0 aliphatic heterocycles. The summed E-state index contributed by atoms with van der Waals surface area (Å²) in [7, 11) is -3.57. The van der Waals surface area contributed by atoms with E-state index in [9.17, 15) is 8.42 Å². The van der Waals surface area contributed by atoms with Crippen LogP contribution in [0.15, 0.2) is 35.6 Å². The van der Waals surface area contributed by atoms with E-state index >= 15 is 0 Å². The highest BCUT2D eigenvalue weighted by Crippen LogP contribution is 2.22. The molecule has 0 aromatic carbocycles. The van der Waals surface area contributed by atoms with Crippen molar-refractivity contribution in [1.29, 1.82) is 0 Å². The molecule has 0 N–H and O–H groups in total. The minimum atomic E-state index is -3.57. The van der Waals surface area contributed by atoms with Crippen LogP contribution in [0, 0.1) is 6.92 Å². The third-order valence-corrected chi connectivity index (χ3v) is 4.48. The third kappa shape index (κ3) is 3.43. The van der Waals surface area contributed by atoms with Gasteiger partial charge in [-0.05, 0) is 24.6 Å². The van der Waals surface area contributed by atoms with Crippen molar-refractivity contribution in [3.05, 3.63) is 51.9 Å². The van der Waals surface area contributed by atoms with E-state index in [-0.39, 0.29) is 21.5 Å². The number of aromatic nitrogens is 2. The van der Waals surface area contributed by atoms with E-state index in [4.69, 9.17) is 23.2 Å². The summed E-state index contributed by atoms with van der Waals surface area (Å²) in [6, 6.07) is 4.62. The molecule has 2 aromatic heterocycles. The topological polar surface area (TPSA) is 59.9 Å². The van der Waals surface area contributed by atoms with E-state index in [1.807, 2.05) is 6.92 Å². The summed E-state index contributed by atoms with van der Waals surface area (Å²) in [5.41, 5.74) is 1.15. The van der Waals surface area contributed by atoms with Gasteiger partial charge in [0.25, 0.3) is 0 Å². The van der Waals surface area contributed by atoms with E-state index in [0.29, 0.717) is 5.02 Å². The van der Waals surface area contributed by atoms with Crippen LogP contribution in [0.5, 0.6) is 0 Å². The number of hydrogen-bond acceptors (Lipinski definition) is 4. The van der Waals surface area contributed by atoms with Gasteiger partial charge in [-0.15, -0.1) is 0 Å². The molecule has 0 amide bonds. The molecular weight excluding hydrogens is 307 g/mol. The summed E-state index contributed by atoms with van der Waals surface area (Å²) in [6.45, 7) is 1.83. The van der Waals surface area contributed by atoms with Crippen LogP contribution in [0.25, 0.3) is 0 Å². The highest BCUT2D eigenvalue weighted by Gasteiger charge is 2.19. The second kappa shape index (κ2) is 5.45. The first-order valence-corrected chi connectivity index (χ1v) is 7.74. The van der Waals surface area contributed by atoms with Crippen LogP contribution in [0.4, 0.5) is 0 Å². The molecule has 0 unspecified atom stereocenters. The predicted molar refractivity (Wildman–Crippen MR) is 74.1 cm³/mol. The lowest BCUT2D eigenvalue weighted by Crippen LogP contribution is -2.08. The zero-order chi connectivity index (χ0) is 14.0. The van der Waals surface area contributed by atoms with Crippen LogP contribution in [-0.2, 0) is 15.6 Å². The molecule has 2 aromatic rings. The molecule has 4 nitrogen and oxygen atoms in total. The van der Waals surface area contributed by atoms with Gasteiger partial charge in [0.05, 0.1) is 15.7 Å². The van der Waals surface area contributed by atoms with Crippen LogP contribution in [0.2, 0.25) is 10.0 Å². The molecule has 19 heavy (non-hydrogen) atoms.